The van der Waals surface area contributed by atoms with Crippen molar-refractivity contribution in [2.24, 2.45) is 11.8 Å². The number of amides is 2. The van der Waals surface area contributed by atoms with Crippen molar-refractivity contribution in [3.05, 3.63) is 71.8 Å². The molecule has 0 unspecified atom stereocenters. The summed E-state index contributed by atoms with van der Waals surface area (Å²) < 4.78 is 0. The molecule has 31 heavy (non-hydrogen) atoms. The van der Waals surface area contributed by atoms with Crippen LogP contribution >= 0.6 is 0 Å². The molecule has 0 aliphatic carbocycles. The van der Waals surface area contributed by atoms with Gasteiger partial charge in [-0.3, -0.25) is 19.3 Å². The summed E-state index contributed by atoms with van der Waals surface area (Å²) in [7, 11) is 0. The van der Waals surface area contributed by atoms with Crippen LogP contribution in [0.5, 0.6) is 0 Å². The Morgan fingerprint density at radius 1 is 0.935 bits per heavy atom. The standard InChI is InChI=1S/C26H26N2O3/c1-3-4-14-27-25(30)21-20-15-16(2)18-12-8-9-13-19(18)28(20)23(22(21)26(27)31)24(29)17-10-6-5-7-11-17/h5-13,15,20-23H,3-4,14H2,1-2H3/t20-,21+,22-,23+/m1/s1. The van der Waals surface area contributed by atoms with Gasteiger partial charge in [0.05, 0.1) is 17.9 Å². The van der Waals surface area contributed by atoms with E-state index in [9.17, 15) is 14.4 Å². The van der Waals surface area contributed by atoms with E-state index in [1.54, 1.807) is 12.1 Å². The lowest BCUT2D eigenvalue weighted by Gasteiger charge is -2.38. The quantitative estimate of drug-likeness (QED) is 0.549. The minimum atomic E-state index is -0.689. The van der Waals surface area contributed by atoms with Crippen molar-refractivity contribution in [3.63, 3.8) is 0 Å². The zero-order valence-corrected chi connectivity index (χ0v) is 17.8. The first kappa shape index (κ1) is 19.7. The number of nitrogens with zero attached hydrogens (tertiary/aromatic N) is 2. The maximum absolute atomic E-state index is 13.8. The second-order valence-corrected chi connectivity index (χ2v) is 8.67. The van der Waals surface area contributed by atoms with Crippen LogP contribution in [0.1, 0.15) is 42.6 Å². The van der Waals surface area contributed by atoms with Crippen molar-refractivity contribution >= 4 is 28.9 Å². The molecule has 5 heteroatoms. The van der Waals surface area contributed by atoms with E-state index in [1.807, 2.05) is 61.2 Å². The Balaban J connectivity index is 1.65. The van der Waals surface area contributed by atoms with E-state index >= 15 is 0 Å². The molecule has 0 spiro atoms. The summed E-state index contributed by atoms with van der Waals surface area (Å²) in [6.45, 7) is 4.51. The van der Waals surface area contributed by atoms with Crippen LogP contribution in [0, 0.1) is 11.8 Å². The average Bonchev–Trinajstić information content (AvgIpc) is 3.25. The molecule has 0 bridgehead atoms. The van der Waals surface area contributed by atoms with Crippen molar-refractivity contribution in [2.45, 2.75) is 38.8 Å². The Kier molecular flexibility index (Phi) is 4.77. The van der Waals surface area contributed by atoms with Crippen LogP contribution in [-0.4, -0.2) is 41.1 Å². The molecule has 0 saturated carbocycles. The van der Waals surface area contributed by atoms with Crippen molar-refractivity contribution in [1.82, 2.24) is 4.90 Å². The Morgan fingerprint density at radius 3 is 2.35 bits per heavy atom. The fraction of sp³-hybridized carbons (Fsp3) is 0.346. The molecule has 2 aromatic rings. The zero-order chi connectivity index (χ0) is 21.7. The molecule has 2 saturated heterocycles. The van der Waals surface area contributed by atoms with Gasteiger partial charge < -0.3 is 4.90 Å². The lowest BCUT2D eigenvalue weighted by Crippen LogP contribution is -2.49. The number of rotatable bonds is 5. The first-order valence-corrected chi connectivity index (χ1v) is 11.0. The Morgan fingerprint density at radius 2 is 1.61 bits per heavy atom. The number of carbonyl (C=O) groups excluding carboxylic acids is 3. The molecular formula is C26H26N2O3. The smallest absolute Gasteiger partial charge is 0.235 e. The number of para-hydroxylation sites is 1. The summed E-state index contributed by atoms with van der Waals surface area (Å²) in [6.07, 6.45) is 3.76. The van der Waals surface area contributed by atoms with E-state index in [1.165, 1.54) is 4.90 Å². The van der Waals surface area contributed by atoms with Gasteiger partial charge in [0.15, 0.2) is 5.78 Å². The summed E-state index contributed by atoms with van der Waals surface area (Å²) in [6, 6.07) is 16.1. The number of hydrogen-bond donors (Lipinski definition) is 0. The second kappa shape index (κ2) is 7.49. The van der Waals surface area contributed by atoms with Crippen LogP contribution in [-0.2, 0) is 9.59 Å². The fourth-order valence-electron chi connectivity index (χ4n) is 5.47. The van der Waals surface area contributed by atoms with Gasteiger partial charge in [0.25, 0.3) is 0 Å². The van der Waals surface area contributed by atoms with E-state index in [0.29, 0.717) is 12.1 Å². The number of carbonyl (C=O) groups is 3. The molecule has 2 aromatic carbocycles. The Labute approximate surface area is 182 Å². The van der Waals surface area contributed by atoms with E-state index in [4.69, 9.17) is 0 Å². The minimum absolute atomic E-state index is 0.0978. The molecule has 4 atom stereocenters. The molecule has 5 rings (SSSR count). The third kappa shape index (κ3) is 2.87. The Hall–Kier alpha value is -3.21. The number of hydrogen-bond acceptors (Lipinski definition) is 4. The number of imide groups is 1. The summed E-state index contributed by atoms with van der Waals surface area (Å²) in [4.78, 5) is 44.1. The topological polar surface area (TPSA) is 57.7 Å². The molecule has 0 radical (unpaired) electrons. The number of anilines is 1. The highest BCUT2D eigenvalue weighted by Crippen LogP contribution is 2.50. The van der Waals surface area contributed by atoms with Gasteiger partial charge in [-0.2, -0.15) is 0 Å². The van der Waals surface area contributed by atoms with Crippen LogP contribution in [0.25, 0.3) is 5.57 Å². The van der Waals surface area contributed by atoms with Crippen molar-refractivity contribution in [2.75, 3.05) is 11.4 Å². The van der Waals surface area contributed by atoms with Gasteiger partial charge in [-0.15, -0.1) is 0 Å². The summed E-state index contributed by atoms with van der Waals surface area (Å²) in [5.74, 6) is -1.61. The van der Waals surface area contributed by atoms with Crippen molar-refractivity contribution < 1.29 is 14.4 Å². The molecule has 0 N–H and O–H groups in total. The van der Waals surface area contributed by atoms with Gasteiger partial charge in [-0.05, 0) is 25.0 Å². The normalized spacial score (nSPS) is 26.5. The van der Waals surface area contributed by atoms with Gasteiger partial charge in [-0.1, -0.05) is 68.0 Å². The van der Waals surface area contributed by atoms with Crippen LogP contribution in [0.15, 0.2) is 60.7 Å². The largest absolute Gasteiger partial charge is 0.352 e. The number of Topliss-reactive ketones (excluding diaryl/α,β-unsaturated/α-hetero) is 1. The summed E-state index contributed by atoms with van der Waals surface area (Å²) in [5, 5.41) is 0. The molecule has 158 valence electrons. The maximum Gasteiger partial charge on any atom is 0.235 e. The zero-order valence-electron chi connectivity index (χ0n) is 17.8. The van der Waals surface area contributed by atoms with E-state index in [0.717, 1.165) is 29.7 Å². The van der Waals surface area contributed by atoms with Crippen LogP contribution < -0.4 is 4.90 Å². The predicted octanol–water partition coefficient (Wildman–Crippen LogP) is 3.94. The number of benzene rings is 2. The van der Waals surface area contributed by atoms with Crippen LogP contribution in [0.3, 0.4) is 0 Å². The van der Waals surface area contributed by atoms with Crippen LogP contribution in [0.4, 0.5) is 5.69 Å². The number of unbranched alkanes of at least 4 members (excludes halogenated alkanes) is 1. The monoisotopic (exact) mass is 414 g/mol. The van der Waals surface area contributed by atoms with E-state index in [-0.39, 0.29) is 23.6 Å². The maximum atomic E-state index is 13.8. The highest BCUT2D eigenvalue weighted by atomic mass is 16.2. The van der Waals surface area contributed by atoms with E-state index in [2.05, 4.69) is 6.08 Å². The number of fused-ring (bicyclic) bond motifs is 5. The van der Waals surface area contributed by atoms with E-state index < -0.39 is 17.9 Å². The van der Waals surface area contributed by atoms with Gasteiger partial charge >= 0.3 is 0 Å². The summed E-state index contributed by atoms with van der Waals surface area (Å²) in [5.41, 5.74) is 3.63. The predicted molar refractivity (Wildman–Crippen MR) is 120 cm³/mol. The lowest BCUT2D eigenvalue weighted by molar-refractivity contribution is -0.140. The lowest BCUT2D eigenvalue weighted by atomic mass is 9.85. The van der Waals surface area contributed by atoms with Gasteiger partial charge in [-0.25, -0.2) is 0 Å². The molecule has 3 aliphatic rings. The fourth-order valence-corrected chi connectivity index (χ4v) is 5.47. The number of ketones is 1. The van der Waals surface area contributed by atoms with Gasteiger partial charge in [0, 0.05) is 23.4 Å². The SMILES string of the molecule is CCCCN1C(=O)[C@@H]2[C@@H](C1=O)[C@@H](C(=O)c1ccccc1)N1c3ccccc3C(C)=C[C@H]21. The molecule has 0 aromatic heterocycles. The first-order chi connectivity index (χ1) is 15.0. The second-order valence-electron chi connectivity index (χ2n) is 8.67. The van der Waals surface area contributed by atoms with Crippen LogP contribution in [0.2, 0.25) is 0 Å². The third-order valence-corrected chi connectivity index (χ3v) is 6.91. The Bertz CT molecular complexity index is 1090. The molecular weight excluding hydrogens is 388 g/mol. The van der Waals surface area contributed by atoms with Crippen molar-refractivity contribution in [1.29, 1.82) is 0 Å². The number of allylic oxidation sites excluding steroid dienone is 1. The highest BCUT2D eigenvalue weighted by molar-refractivity contribution is 6.14. The average molecular weight is 415 g/mol. The highest BCUT2D eigenvalue weighted by Gasteiger charge is 2.64. The number of likely N-dealkylation sites (tertiary alicyclic amines) is 1. The molecule has 3 heterocycles. The first-order valence-electron chi connectivity index (χ1n) is 11.0. The molecule has 5 nitrogen and oxygen atoms in total. The summed E-state index contributed by atoms with van der Waals surface area (Å²) >= 11 is 0. The molecule has 2 amide bonds. The molecule has 3 aliphatic heterocycles. The third-order valence-electron chi connectivity index (χ3n) is 6.91. The van der Waals surface area contributed by atoms with Gasteiger partial charge in [0.2, 0.25) is 11.8 Å². The van der Waals surface area contributed by atoms with Crippen molar-refractivity contribution in [3.8, 4) is 0 Å². The minimum Gasteiger partial charge on any atom is -0.352 e. The van der Waals surface area contributed by atoms with Gasteiger partial charge in [0.1, 0.15) is 6.04 Å². The molecule has 2 fully saturated rings.